The molecule has 0 saturated heterocycles. The molecule has 0 bridgehead atoms. The van der Waals surface area contributed by atoms with Crippen molar-refractivity contribution >= 4 is 28.0 Å². The minimum atomic E-state index is -0.158. The maximum absolute atomic E-state index is 11.6. The molecule has 0 saturated carbocycles. The Kier molecular flexibility index (Phi) is 4.03. The Morgan fingerprint density at radius 3 is 2.67 bits per heavy atom. The number of hydrogen-bond donors (Lipinski definition) is 0. The Morgan fingerprint density at radius 1 is 1.53 bits per heavy atom. The number of ketones is 1. The predicted molar refractivity (Wildman–Crippen MR) is 61.2 cm³/mol. The average Bonchev–Trinajstić information content (AvgIpc) is 2.26. The van der Waals surface area contributed by atoms with Crippen LogP contribution in [0.1, 0.15) is 26.3 Å². The lowest BCUT2D eigenvalue weighted by Crippen LogP contribution is -2.07. The van der Waals surface area contributed by atoms with Crippen molar-refractivity contribution in [2.45, 2.75) is 6.92 Å². The molecule has 0 spiro atoms. The molecule has 0 aromatic heterocycles. The van der Waals surface area contributed by atoms with Crippen LogP contribution in [0.4, 0.5) is 0 Å². The Hall–Kier alpha value is -1.16. The molecule has 0 N–H and O–H groups in total. The summed E-state index contributed by atoms with van der Waals surface area (Å²) < 4.78 is 5.09. The van der Waals surface area contributed by atoms with Gasteiger partial charge in [0.1, 0.15) is 5.75 Å². The monoisotopic (exact) mass is 270 g/mol. The summed E-state index contributed by atoms with van der Waals surface area (Å²) in [5.74, 6) is 0.288. The maximum atomic E-state index is 11.6. The summed E-state index contributed by atoms with van der Waals surface area (Å²) >= 11 is 3.08. The van der Waals surface area contributed by atoms with Crippen molar-refractivity contribution in [2.24, 2.45) is 0 Å². The van der Waals surface area contributed by atoms with E-state index in [9.17, 15) is 9.59 Å². The molecule has 0 heterocycles. The van der Waals surface area contributed by atoms with E-state index >= 15 is 0 Å². The number of ether oxygens (including phenoxy) is 1. The van der Waals surface area contributed by atoms with Crippen molar-refractivity contribution in [1.82, 2.24) is 0 Å². The molecule has 15 heavy (non-hydrogen) atoms. The highest BCUT2D eigenvalue weighted by atomic mass is 79.9. The highest BCUT2D eigenvalue weighted by molar-refractivity contribution is 9.09. The summed E-state index contributed by atoms with van der Waals surface area (Å²) in [6, 6.07) is 3.41. The zero-order valence-corrected chi connectivity index (χ0v) is 10.1. The van der Waals surface area contributed by atoms with Crippen molar-refractivity contribution < 1.29 is 14.3 Å². The molecule has 0 atom stereocenters. The molecule has 4 heteroatoms. The van der Waals surface area contributed by atoms with Gasteiger partial charge in [0.05, 0.1) is 18.0 Å². The van der Waals surface area contributed by atoms with E-state index in [2.05, 4.69) is 15.9 Å². The van der Waals surface area contributed by atoms with Crippen molar-refractivity contribution in [3.05, 3.63) is 28.8 Å². The molecule has 0 amide bonds. The van der Waals surface area contributed by atoms with Crippen molar-refractivity contribution in [3.63, 3.8) is 0 Å². The summed E-state index contributed by atoms with van der Waals surface area (Å²) in [7, 11) is 1.48. The number of halogens is 1. The number of aldehydes is 1. The van der Waals surface area contributed by atoms with Gasteiger partial charge in [0.15, 0.2) is 12.1 Å². The van der Waals surface area contributed by atoms with Crippen molar-refractivity contribution in [1.29, 1.82) is 0 Å². The van der Waals surface area contributed by atoms with Crippen LogP contribution in [0.25, 0.3) is 0 Å². The second kappa shape index (κ2) is 5.07. The van der Waals surface area contributed by atoms with Gasteiger partial charge in [-0.15, -0.1) is 0 Å². The van der Waals surface area contributed by atoms with Crippen LogP contribution in [0.15, 0.2) is 12.1 Å². The molecule has 0 fully saturated rings. The highest BCUT2D eigenvalue weighted by Crippen LogP contribution is 2.24. The first-order chi connectivity index (χ1) is 7.13. The van der Waals surface area contributed by atoms with Gasteiger partial charge in [-0.1, -0.05) is 15.9 Å². The molecule has 0 aliphatic carbocycles. The minimum Gasteiger partial charge on any atom is -0.496 e. The quantitative estimate of drug-likeness (QED) is 0.479. The number of aryl methyl sites for hydroxylation is 1. The van der Waals surface area contributed by atoms with Crippen LogP contribution in [0, 0.1) is 6.92 Å². The SMILES string of the molecule is COc1cc(C)cc(C=O)c1C(=O)CBr. The van der Waals surface area contributed by atoms with Gasteiger partial charge < -0.3 is 4.74 Å². The smallest absolute Gasteiger partial charge is 0.177 e. The number of benzene rings is 1. The van der Waals surface area contributed by atoms with Crippen LogP contribution in [-0.4, -0.2) is 24.5 Å². The molecule has 0 unspecified atom stereocenters. The van der Waals surface area contributed by atoms with Gasteiger partial charge in [0.25, 0.3) is 0 Å². The second-order valence-corrected chi connectivity index (χ2v) is 3.67. The zero-order valence-electron chi connectivity index (χ0n) is 8.54. The molecule has 0 aliphatic rings. The van der Waals surface area contributed by atoms with Gasteiger partial charge in [-0.25, -0.2) is 0 Å². The molecular formula is C11H11BrO3. The van der Waals surface area contributed by atoms with E-state index in [0.717, 1.165) is 5.56 Å². The van der Waals surface area contributed by atoms with Gasteiger partial charge in [0.2, 0.25) is 0 Å². The van der Waals surface area contributed by atoms with Crippen molar-refractivity contribution in [3.8, 4) is 5.75 Å². The summed E-state index contributed by atoms with van der Waals surface area (Å²) in [4.78, 5) is 22.4. The van der Waals surface area contributed by atoms with E-state index in [1.54, 1.807) is 12.1 Å². The molecular weight excluding hydrogens is 260 g/mol. The van der Waals surface area contributed by atoms with Gasteiger partial charge in [-0.3, -0.25) is 9.59 Å². The number of carbonyl (C=O) groups is 2. The molecule has 3 nitrogen and oxygen atoms in total. The van der Waals surface area contributed by atoms with Crippen LogP contribution in [-0.2, 0) is 0 Å². The Morgan fingerprint density at radius 2 is 2.20 bits per heavy atom. The van der Waals surface area contributed by atoms with Crippen molar-refractivity contribution in [2.75, 3.05) is 12.4 Å². The number of carbonyl (C=O) groups excluding carboxylic acids is 2. The molecule has 1 rings (SSSR count). The van der Waals surface area contributed by atoms with E-state index in [4.69, 9.17) is 4.74 Å². The summed E-state index contributed by atoms with van der Waals surface area (Å²) in [6.07, 6.45) is 0.672. The number of hydrogen-bond acceptors (Lipinski definition) is 3. The number of Topliss-reactive ketones (excluding diaryl/α,β-unsaturated/α-hetero) is 1. The first-order valence-electron chi connectivity index (χ1n) is 4.37. The fourth-order valence-electron chi connectivity index (χ4n) is 1.40. The Labute approximate surface area is 96.6 Å². The Balaban J connectivity index is 3.43. The van der Waals surface area contributed by atoms with Crippen LogP contribution in [0.5, 0.6) is 5.75 Å². The highest BCUT2D eigenvalue weighted by Gasteiger charge is 2.16. The lowest BCUT2D eigenvalue weighted by Gasteiger charge is -2.09. The van der Waals surface area contributed by atoms with Gasteiger partial charge >= 0.3 is 0 Å². The molecule has 1 aromatic carbocycles. The van der Waals surface area contributed by atoms with Crippen LogP contribution in [0.3, 0.4) is 0 Å². The normalized spacial score (nSPS) is 9.80. The second-order valence-electron chi connectivity index (χ2n) is 3.11. The average molecular weight is 271 g/mol. The summed E-state index contributed by atoms with van der Waals surface area (Å²) in [6.45, 7) is 1.85. The summed E-state index contributed by atoms with van der Waals surface area (Å²) in [5.41, 5.74) is 1.60. The fourth-order valence-corrected chi connectivity index (χ4v) is 1.68. The first kappa shape index (κ1) is 11.9. The van der Waals surface area contributed by atoms with Crippen LogP contribution >= 0.6 is 15.9 Å². The third kappa shape index (κ3) is 2.45. The predicted octanol–water partition coefficient (Wildman–Crippen LogP) is 2.39. The van der Waals surface area contributed by atoms with Crippen LogP contribution < -0.4 is 4.74 Å². The lowest BCUT2D eigenvalue weighted by atomic mass is 10.0. The molecule has 0 radical (unpaired) electrons. The van der Waals surface area contributed by atoms with E-state index < -0.39 is 0 Å². The minimum absolute atomic E-state index is 0.158. The lowest BCUT2D eigenvalue weighted by molar-refractivity contribution is 0.101. The third-order valence-corrected chi connectivity index (χ3v) is 2.53. The van der Waals surface area contributed by atoms with Gasteiger partial charge in [0, 0.05) is 5.56 Å². The number of alkyl halides is 1. The van der Waals surface area contributed by atoms with Gasteiger partial charge in [-0.05, 0) is 24.6 Å². The first-order valence-corrected chi connectivity index (χ1v) is 5.49. The standard InChI is InChI=1S/C11H11BrO3/c1-7-3-8(6-13)11(9(14)5-12)10(4-7)15-2/h3-4,6H,5H2,1-2H3. The zero-order chi connectivity index (χ0) is 11.4. The van der Waals surface area contributed by atoms with Crippen LogP contribution in [0.2, 0.25) is 0 Å². The van der Waals surface area contributed by atoms with E-state index in [1.165, 1.54) is 7.11 Å². The number of rotatable bonds is 4. The van der Waals surface area contributed by atoms with E-state index in [-0.39, 0.29) is 11.1 Å². The molecule has 1 aromatic rings. The van der Waals surface area contributed by atoms with Gasteiger partial charge in [-0.2, -0.15) is 0 Å². The fraction of sp³-hybridized carbons (Fsp3) is 0.273. The molecule has 80 valence electrons. The van der Waals surface area contributed by atoms with E-state index in [0.29, 0.717) is 23.2 Å². The number of methoxy groups -OCH3 is 1. The van der Waals surface area contributed by atoms with E-state index in [1.807, 2.05) is 6.92 Å². The largest absolute Gasteiger partial charge is 0.496 e. The molecule has 0 aliphatic heterocycles. The third-order valence-electron chi connectivity index (χ3n) is 2.02. The Bertz CT molecular complexity index is 399. The maximum Gasteiger partial charge on any atom is 0.177 e. The summed E-state index contributed by atoms with van der Waals surface area (Å²) in [5, 5.41) is 0.174. The topological polar surface area (TPSA) is 43.4 Å².